The number of hydrogen-bond donors (Lipinski definition) is 0. The van der Waals surface area contributed by atoms with Gasteiger partial charge in [0.1, 0.15) is 0 Å². The fraction of sp³-hybridized carbons (Fsp3) is 1.00. The molecule has 0 aromatic heterocycles. The molecule has 2 aliphatic heterocycles. The molecule has 2 aliphatic rings. The first kappa shape index (κ1) is 11.7. The molecular formula is C12H23ClN2. The van der Waals surface area contributed by atoms with Crippen LogP contribution < -0.4 is 0 Å². The van der Waals surface area contributed by atoms with Gasteiger partial charge in [0.15, 0.2) is 0 Å². The van der Waals surface area contributed by atoms with E-state index < -0.39 is 0 Å². The van der Waals surface area contributed by atoms with Crippen molar-refractivity contribution in [3.8, 4) is 0 Å². The third kappa shape index (κ3) is 2.48. The van der Waals surface area contributed by atoms with Crippen LogP contribution in [-0.2, 0) is 0 Å². The van der Waals surface area contributed by atoms with Crippen LogP contribution in [0, 0.1) is 0 Å². The van der Waals surface area contributed by atoms with Crippen LogP contribution in [0.5, 0.6) is 0 Å². The third-order valence-electron chi connectivity index (χ3n) is 3.81. The second-order valence-corrected chi connectivity index (χ2v) is 5.63. The van der Waals surface area contributed by atoms with Crippen molar-refractivity contribution in [3.63, 3.8) is 0 Å². The monoisotopic (exact) mass is 230 g/mol. The average molecular weight is 231 g/mol. The highest BCUT2D eigenvalue weighted by Gasteiger charge is 2.38. The molecule has 0 aromatic rings. The van der Waals surface area contributed by atoms with E-state index in [1.807, 2.05) is 0 Å². The molecule has 88 valence electrons. The molecule has 0 aliphatic carbocycles. The number of rotatable bonds is 3. The number of nitrogens with zero attached hydrogens (tertiary/aromatic N) is 2. The van der Waals surface area contributed by atoms with Gasteiger partial charge in [-0.05, 0) is 26.3 Å². The number of hydrogen-bond acceptors (Lipinski definition) is 2. The molecule has 2 fully saturated rings. The van der Waals surface area contributed by atoms with Gasteiger partial charge in [-0.3, -0.25) is 4.90 Å². The molecule has 3 heteroatoms. The minimum atomic E-state index is 0.277. The van der Waals surface area contributed by atoms with Gasteiger partial charge in [0.05, 0.1) is 5.50 Å². The fourth-order valence-corrected chi connectivity index (χ4v) is 3.73. The Balaban J connectivity index is 2.03. The maximum atomic E-state index is 6.52. The van der Waals surface area contributed by atoms with Crippen molar-refractivity contribution in [2.45, 2.75) is 56.6 Å². The molecule has 0 saturated carbocycles. The van der Waals surface area contributed by atoms with Crippen LogP contribution in [0.2, 0.25) is 0 Å². The molecule has 0 amide bonds. The van der Waals surface area contributed by atoms with E-state index >= 15 is 0 Å². The summed E-state index contributed by atoms with van der Waals surface area (Å²) in [5, 5.41) is 0. The number of halogens is 1. The van der Waals surface area contributed by atoms with Crippen LogP contribution in [0.15, 0.2) is 0 Å². The Morgan fingerprint density at radius 3 is 2.40 bits per heavy atom. The van der Waals surface area contributed by atoms with Crippen LogP contribution in [0.4, 0.5) is 0 Å². The van der Waals surface area contributed by atoms with Crippen LogP contribution in [0.25, 0.3) is 0 Å². The molecule has 0 aromatic carbocycles. The Morgan fingerprint density at radius 2 is 1.87 bits per heavy atom. The molecule has 3 atom stereocenters. The number of likely N-dealkylation sites (tertiary alicyclic amines) is 1. The molecular weight excluding hydrogens is 208 g/mol. The standard InChI is InChI=1S/C12H23ClN2/c1-3-5-12(13)15-10-6-4-7-11(15)9-14(2)8-10/h10-12H,3-9H2,1-2H3. The minimum absolute atomic E-state index is 0.277. The summed E-state index contributed by atoms with van der Waals surface area (Å²) in [6.45, 7) is 4.65. The maximum absolute atomic E-state index is 6.52. The van der Waals surface area contributed by atoms with Crippen molar-refractivity contribution in [2.24, 2.45) is 0 Å². The van der Waals surface area contributed by atoms with E-state index in [9.17, 15) is 0 Å². The normalized spacial score (nSPS) is 35.4. The molecule has 2 rings (SSSR count). The van der Waals surface area contributed by atoms with Crippen molar-refractivity contribution in [2.75, 3.05) is 20.1 Å². The molecule has 0 N–H and O–H groups in total. The Kier molecular flexibility index (Phi) is 3.92. The smallest absolute Gasteiger partial charge is 0.0855 e. The summed E-state index contributed by atoms with van der Waals surface area (Å²) < 4.78 is 0. The van der Waals surface area contributed by atoms with Crippen LogP contribution >= 0.6 is 11.6 Å². The van der Waals surface area contributed by atoms with Crippen molar-refractivity contribution >= 4 is 11.6 Å². The first-order chi connectivity index (χ1) is 7.22. The van der Waals surface area contributed by atoms with E-state index in [0.29, 0.717) is 0 Å². The molecule has 2 bridgehead atoms. The SMILES string of the molecule is CCCC(Cl)N1C2CCCC1CN(C)C2. The van der Waals surface area contributed by atoms with Crippen LogP contribution in [0.3, 0.4) is 0 Å². The van der Waals surface area contributed by atoms with E-state index in [1.54, 1.807) is 0 Å². The Hall–Kier alpha value is 0.210. The Bertz CT molecular complexity index is 196. The van der Waals surface area contributed by atoms with Crippen molar-refractivity contribution in [3.05, 3.63) is 0 Å². The predicted molar refractivity (Wildman–Crippen MR) is 65.3 cm³/mol. The third-order valence-corrected chi connectivity index (χ3v) is 4.26. The predicted octanol–water partition coefficient (Wildman–Crippen LogP) is 2.52. The fourth-order valence-electron chi connectivity index (χ4n) is 3.20. The van der Waals surface area contributed by atoms with Crippen LogP contribution in [0.1, 0.15) is 39.0 Å². The molecule has 2 saturated heterocycles. The summed E-state index contributed by atoms with van der Waals surface area (Å²) >= 11 is 6.52. The lowest BCUT2D eigenvalue weighted by molar-refractivity contribution is -0.0107. The summed E-state index contributed by atoms with van der Waals surface area (Å²) in [4.78, 5) is 5.08. The number of alkyl halides is 1. The summed E-state index contributed by atoms with van der Waals surface area (Å²) in [7, 11) is 2.24. The zero-order valence-corrected chi connectivity index (χ0v) is 10.7. The first-order valence-corrected chi connectivity index (χ1v) is 6.76. The van der Waals surface area contributed by atoms with E-state index in [4.69, 9.17) is 11.6 Å². The Morgan fingerprint density at radius 1 is 1.27 bits per heavy atom. The van der Waals surface area contributed by atoms with E-state index in [2.05, 4.69) is 23.8 Å². The number of fused-ring (bicyclic) bond motifs is 2. The van der Waals surface area contributed by atoms with Gasteiger partial charge in [-0.25, -0.2) is 0 Å². The second kappa shape index (κ2) is 5.03. The van der Waals surface area contributed by atoms with E-state index in [1.165, 1.54) is 38.8 Å². The lowest BCUT2D eigenvalue weighted by Gasteiger charge is -2.51. The summed E-state index contributed by atoms with van der Waals surface area (Å²) in [5.74, 6) is 0. The van der Waals surface area contributed by atoms with Gasteiger partial charge in [0, 0.05) is 25.2 Å². The first-order valence-electron chi connectivity index (χ1n) is 6.32. The van der Waals surface area contributed by atoms with Crippen molar-refractivity contribution in [1.82, 2.24) is 9.80 Å². The molecule has 0 radical (unpaired) electrons. The topological polar surface area (TPSA) is 6.48 Å². The number of likely N-dealkylation sites (N-methyl/N-ethyl adjacent to an activating group) is 1. The highest BCUT2D eigenvalue weighted by Crippen LogP contribution is 2.32. The van der Waals surface area contributed by atoms with Gasteiger partial charge in [0.2, 0.25) is 0 Å². The number of piperazine rings is 1. The van der Waals surface area contributed by atoms with Gasteiger partial charge in [-0.1, -0.05) is 19.8 Å². The van der Waals surface area contributed by atoms with Crippen molar-refractivity contribution < 1.29 is 0 Å². The second-order valence-electron chi connectivity index (χ2n) is 5.13. The van der Waals surface area contributed by atoms with Gasteiger partial charge < -0.3 is 4.90 Å². The van der Waals surface area contributed by atoms with Crippen LogP contribution in [-0.4, -0.2) is 47.5 Å². The zero-order chi connectivity index (χ0) is 10.8. The van der Waals surface area contributed by atoms with Crippen molar-refractivity contribution in [1.29, 1.82) is 0 Å². The quantitative estimate of drug-likeness (QED) is 0.543. The molecule has 2 heterocycles. The summed E-state index contributed by atoms with van der Waals surface area (Å²) in [6.07, 6.45) is 6.41. The minimum Gasteiger partial charge on any atom is -0.303 e. The summed E-state index contributed by atoms with van der Waals surface area (Å²) in [5.41, 5.74) is 0.277. The lowest BCUT2D eigenvalue weighted by atomic mass is 9.91. The summed E-state index contributed by atoms with van der Waals surface area (Å²) in [6, 6.07) is 1.44. The van der Waals surface area contributed by atoms with E-state index in [0.717, 1.165) is 18.5 Å². The molecule has 3 unspecified atom stereocenters. The highest BCUT2D eigenvalue weighted by molar-refractivity contribution is 6.20. The number of piperidine rings is 1. The average Bonchev–Trinajstić information content (AvgIpc) is 2.16. The molecule has 2 nitrogen and oxygen atoms in total. The zero-order valence-electron chi connectivity index (χ0n) is 9.95. The van der Waals surface area contributed by atoms with Gasteiger partial charge >= 0.3 is 0 Å². The van der Waals surface area contributed by atoms with Gasteiger partial charge in [-0.2, -0.15) is 0 Å². The molecule has 0 spiro atoms. The Labute approximate surface area is 98.6 Å². The maximum Gasteiger partial charge on any atom is 0.0855 e. The van der Waals surface area contributed by atoms with Gasteiger partial charge in [0.25, 0.3) is 0 Å². The van der Waals surface area contributed by atoms with E-state index in [-0.39, 0.29) is 5.50 Å². The largest absolute Gasteiger partial charge is 0.303 e. The van der Waals surface area contributed by atoms with Gasteiger partial charge in [-0.15, -0.1) is 11.6 Å². The molecule has 15 heavy (non-hydrogen) atoms. The lowest BCUT2D eigenvalue weighted by Crippen LogP contribution is -2.61. The highest BCUT2D eigenvalue weighted by atomic mass is 35.5.